The predicted octanol–water partition coefficient (Wildman–Crippen LogP) is 3.27. The molecular weight excluding hydrogens is 294 g/mol. The summed E-state index contributed by atoms with van der Waals surface area (Å²) in [4.78, 5) is 16.3. The lowest BCUT2D eigenvalue weighted by Crippen LogP contribution is -2.51. The molecule has 6 heteroatoms. The molecule has 20 heavy (non-hydrogen) atoms. The van der Waals surface area contributed by atoms with Gasteiger partial charge in [0.25, 0.3) is 0 Å². The highest BCUT2D eigenvalue weighted by Gasteiger charge is 2.32. The van der Waals surface area contributed by atoms with Gasteiger partial charge < -0.3 is 5.32 Å². The Morgan fingerprint density at radius 2 is 2.20 bits per heavy atom. The Morgan fingerprint density at radius 3 is 2.70 bits per heavy atom. The number of thioether (sulfide) groups is 1. The molecule has 1 aromatic rings. The summed E-state index contributed by atoms with van der Waals surface area (Å²) in [6.07, 6.45) is 1.63. The minimum Gasteiger partial charge on any atom is -0.337 e. The minimum absolute atomic E-state index is 0.0205. The summed E-state index contributed by atoms with van der Waals surface area (Å²) in [5.41, 5.74) is -0.875. The number of carbonyl (C=O) groups excluding carboxylic acids is 1. The molecule has 0 aliphatic rings. The lowest BCUT2D eigenvalue weighted by molar-refractivity contribution is -0.121. The highest BCUT2D eigenvalue weighted by atomic mass is 35.5. The fourth-order valence-electron chi connectivity index (χ4n) is 1.34. The summed E-state index contributed by atoms with van der Waals surface area (Å²) >= 11 is 7.29. The summed E-state index contributed by atoms with van der Waals surface area (Å²) in [5, 5.41) is 12.8. The fraction of sp³-hybridized carbons (Fsp3) is 0.500. The van der Waals surface area contributed by atoms with E-state index in [1.165, 1.54) is 11.8 Å². The van der Waals surface area contributed by atoms with Crippen molar-refractivity contribution in [2.75, 3.05) is 0 Å². The Kier molecular flexibility index (Phi) is 5.85. The van der Waals surface area contributed by atoms with Crippen LogP contribution in [0, 0.1) is 17.2 Å². The number of nitrogens with one attached hydrogen (secondary N) is 1. The van der Waals surface area contributed by atoms with E-state index in [0.29, 0.717) is 10.0 Å². The van der Waals surface area contributed by atoms with Gasteiger partial charge in [-0.15, -0.1) is 0 Å². The molecule has 0 saturated heterocycles. The van der Waals surface area contributed by atoms with Crippen LogP contribution in [-0.2, 0) is 4.79 Å². The van der Waals surface area contributed by atoms with Crippen LogP contribution in [0.5, 0.6) is 0 Å². The largest absolute Gasteiger partial charge is 0.337 e. The highest BCUT2D eigenvalue weighted by Crippen LogP contribution is 2.28. The van der Waals surface area contributed by atoms with E-state index in [1.54, 1.807) is 32.2 Å². The molecule has 108 valence electrons. The second-order valence-electron chi connectivity index (χ2n) is 5.01. The molecule has 1 rings (SSSR count). The molecule has 0 unspecified atom stereocenters. The van der Waals surface area contributed by atoms with Gasteiger partial charge in [-0.25, -0.2) is 4.98 Å². The molecule has 0 radical (unpaired) electrons. The van der Waals surface area contributed by atoms with Crippen LogP contribution in [0.4, 0.5) is 0 Å². The molecule has 0 aromatic carbocycles. The van der Waals surface area contributed by atoms with E-state index < -0.39 is 5.54 Å². The van der Waals surface area contributed by atoms with Gasteiger partial charge in [0, 0.05) is 6.20 Å². The van der Waals surface area contributed by atoms with Crippen LogP contribution >= 0.6 is 23.4 Å². The van der Waals surface area contributed by atoms with E-state index in [2.05, 4.69) is 16.4 Å². The SMILES string of the molecule is CC(C)[C@](C)(C#N)NC(=O)[C@@H](C)Sc1ncccc1Cl. The van der Waals surface area contributed by atoms with Crippen LogP contribution in [0.15, 0.2) is 23.4 Å². The summed E-state index contributed by atoms with van der Waals surface area (Å²) < 4.78 is 0. The number of carbonyl (C=O) groups is 1. The van der Waals surface area contributed by atoms with Crippen molar-refractivity contribution >= 4 is 29.3 Å². The summed E-state index contributed by atoms with van der Waals surface area (Å²) in [6.45, 7) is 7.29. The van der Waals surface area contributed by atoms with Crippen molar-refractivity contribution in [1.29, 1.82) is 5.26 Å². The van der Waals surface area contributed by atoms with E-state index >= 15 is 0 Å². The Bertz CT molecular complexity index is 529. The molecule has 0 aliphatic heterocycles. The third-order valence-electron chi connectivity index (χ3n) is 3.15. The zero-order chi connectivity index (χ0) is 15.3. The predicted molar refractivity (Wildman–Crippen MR) is 81.6 cm³/mol. The van der Waals surface area contributed by atoms with Crippen LogP contribution in [0.2, 0.25) is 5.02 Å². The maximum atomic E-state index is 12.2. The van der Waals surface area contributed by atoms with Crippen molar-refractivity contribution in [2.45, 2.75) is 43.5 Å². The second kappa shape index (κ2) is 6.96. The first kappa shape index (κ1) is 16.8. The maximum Gasteiger partial charge on any atom is 0.234 e. The van der Waals surface area contributed by atoms with Crippen molar-refractivity contribution in [2.24, 2.45) is 5.92 Å². The van der Waals surface area contributed by atoms with Crippen molar-refractivity contribution in [3.05, 3.63) is 23.4 Å². The molecule has 0 saturated carbocycles. The molecule has 1 aromatic heterocycles. The maximum absolute atomic E-state index is 12.2. The van der Waals surface area contributed by atoms with Crippen LogP contribution < -0.4 is 5.32 Å². The number of nitrogens with zero attached hydrogens (tertiary/aromatic N) is 2. The van der Waals surface area contributed by atoms with Gasteiger partial charge in [-0.05, 0) is 31.9 Å². The summed E-state index contributed by atoms with van der Waals surface area (Å²) in [5.74, 6) is -0.179. The molecule has 0 spiro atoms. The number of halogens is 1. The first-order valence-corrected chi connectivity index (χ1v) is 7.56. The van der Waals surface area contributed by atoms with Gasteiger partial charge >= 0.3 is 0 Å². The molecule has 1 amide bonds. The number of hydrogen-bond acceptors (Lipinski definition) is 4. The van der Waals surface area contributed by atoms with Crippen molar-refractivity contribution in [3.63, 3.8) is 0 Å². The Morgan fingerprint density at radius 1 is 1.55 bits per heavy atom. The topological polar surface area (TPSA) is 65.8 Å². The molecule has 0 aliphatic carbocycles. The number of pyridine rings is 1. The van der Waals surface area contributed by atoms with Crippen LogP contribution in [0.3, 0.4) is 0 Å². The molecule has 0 fully saturated rings. The average Bonchev–Trinajstić information content (AvgIpc) is 2.40. The van der Waals surface area contributed by atoms with E-state index in [4.69, 9.17) is 11.6 Å². The monoisotopic (exact) mass is 311 g/mol. The smallest absolute Gasteiger partial charge is 0.234 e. The normalized spacial score (nSPS) is 15.2. The summed E-state index contributed by atoms with van der Waals surface area (Å²) in [7, 11) is 0. The Labute approximate surface area is 128 Å². The lowest BCUT2D eigenvalue weighted by atomic mass is 9.90. The molecule has 1 N–H and O–H groups in total. The van der Waals surface area contributed by atoms with Gasteiger partial charge in [0.05, 0.1) is 16.3 Å². The number of hydrogen-bond donors (Lipinski definition) is 1. The first-order valence-electron chi connectivity index (χ1n) is 6.30. The van der Waals surface area contributed by atoms with Crippen molar-refractivity contribution < 1.29 is 4.79 Å². The highest BCUT2D eigenvalue weighted by molar-refractivity contribution is 8.00. The van der Waals surface area contributed by atoms with Crippen LogP contribution in [-0.4, -0.2) is 21.7 Å². The van der Waals surface area contributed by atoms with Gasteiger partial charge in [0.1, 0.15) is 10.6 Å². The third kappa shape index (κ3) is 4.12. The standard InChI is InChI=1S/C14H18ClN3OS/c1-9(2)14(4,8-16)18-12(19)10(3)20-13-11(15)6-5-7-17-13/h5-7,9-10H,1-4H3,(H,18,19)/t10-,14+/m1/s1. The molecule has 2 atom stereocenters. The zero-order valence-corrected chi connectivity index (χ0v) is 13.5. The number of aromatic nitrogens is 1. The van der Waals surface area contributed by atoms with Gasteiger partial charge in [0.15, 0.2) is 0 Å². The lowest BCUT2D eigenvalue weighted by Gasteiger charge is -2.28. The second-order valence-corrected chi connectivity index (χ2v) is 6.75. The molecule has 0 bridgehead atoms. The van der Waals surface area contributed by atoms with E-state index in [1.807, 2.05) is 13.8 Å². The molecule has 4 nitrogen and oxygen atoms in total. The quantitative estimate of drug-likeness (QED) is 0.848. The van der Waals surface area contributed by atoms with E-state index in [0.717, 1.165) is 0 Å². The van der Waals surface area contributed by atoms with E-state index in [-0.39, 0.29) is 17.1 Å². The van der Waals surface area contributed by atoms with Crippen molar-refractivity contribution in [1.82, 2.24) is 10.3 Å². The van der Waals surface area contributed by atoms with Crippen molar-refractivity contribution in [3.8, 4) is 6.07 Å². The van der Waals surface area contributed by atoms with Gasteiger partial charge in [-0.3, -0.25) is 4.79 Å². The first-order chi connectivity index (χ1) is 9.30. The number of nitriles is 1. The van der Waals surface area contributed by atoms with Gasteiger partial charge in [-0.2, -0.15) is 5.26 Å². The summed E-state index contributed by atoms with van der Waals surface area (Å²) in [6, 6.07) is 5.63. The Balaban J connectivity index is 2.74. The molecule has 1 heterocycles. The van der Waals surface area contributed by atoms with E-state index in [9.17, 15) is 10.1 Å². The molecular formula is C14H18ClN3OS. The van der Waals surface area contributed by atoms with Crippen LogP contribution in [0.1, 0.15) is 27.7 Å². The number of amides is 1. The van der Waals surface area contributed by atoms with Crippen LogP contribution in [0.25, 0.3) is 0 Å². The zero-order valence-electron chi connectivity index (χ0n) is 12.0. The van der Waals surface area contributed by atoms with Gasteiger partial charge in [-0.1, -0.05) is 37.2 Å². The average molecular weight is 312 g/mol. The number of rotatable bonds is 5. The fourth-order valence-corrected chi connectivity index (χ4v) is 2.40. The Hall–Kier alpha value is -1.25. The van der Waals surface area contributed by atoms with Gasteiger partial charge in [0.2, 0.25) is 5.91 Å². The minimum atomic E-state index is -0.875. The third-order valence-corrected chi connectivity index (χ3v) is 4.69.